The van der Waals surface area contributed by atoms with Gasteiger partial charge in [-0.1, -0.05) is 28.9 Å². The second-order valence-corrected chi connectivity index (χ2v) is 7.52. The van der Waals surface area contributed by atoms with E-state index >= 15 is 0 Å². The van der Waals surface area contributed by atoms with Gasteiger partial charge in [-0.2, -0.15) is 0 Å². The number of carbonyl (C=O) groups is 2. The zero-order chi connectivity index (χ0) is 20.1. The molecule has 2 amide bonds. The summed E-state index contributed by atoms with van der Waals surface area (Å²) in [5, 5.41) is 7.20. The molecule has 1 aromatic carbocycles. The van der Waals surface area contributed by atoms with Crippen molar-refractivity contribution in [2.45, 2.75) is 26.7 Å². The minimum Gasteiger partial charge on any atom is -0.360 e. The van der Waals surface area contributed by atoms with E-state index in [9.17, 15) is 9.59 Å². The van der Waals surface area contributed by atoms with Gasteiger partial charge in [0.2, 0.25) is 11.8 Å². The first-order valence-corrected chi connectivity index (χ1v) is 9.77. The number of hydrogen-bond acceptors (Lipinski definition) is 5. The van der Waals surface area contributed by atoms with Crippen LogP contribution in [0.5, 0.6) is 0 Å². The van der Waals surface area contributed by atoms with Crippen LogP contribution in [0.1, 0.15) is 23.3 Å². The second kappa shape index (κ2) is 9.21. The Balaban J connectivity index is 1.39. The standard InChI is InChI=1S/C20H25ClN4O3/c1-14-3-4-16(12-17(14)21)5-6-20(27)25-9-7-24(8-10-25)13-19(26)22-18-11-15(2)28-23-18/h3-4,11-12H,5-10,13H2,1-2H3,(H,22,23,26). The molecule has 0 saturated carbocycles. The number of benzene rings is 1. The van der Waals surface area contributed by atoms with Gasteiger partial charge in [0.15, 0.2) is 5.82 Å². The number of anilines is 1. The minimum absolute atomic E-state index is 0.135. The molecule has 2 aromatic rings. The van der Waals surface area contributed by atoms with Crippen molar-refractivity contribution >= 4 is 29.2 Å². The van der Waals surface area contributed by atoms with E-state index in [0.717, 1.165) is 16.1 Å². The zero-order valence-corrected chi connectivity index (χ0v) is 17.0. The van der Waals surface area contributed by atoms with Crippen molar-refractivity contribution in [1.29, 1.82) is 0 Å². The molecule has 3 rings (SSSR count). The number of hydrogen-bond donors (Lipinski definition) is 1. The van der Waals surface area contributed by atoms with Crippen molar-refractivity contribution < 1.29 is 14.1 Å². The van der Waals surface area contributed by atoms with Crippen LogP contribution < -0.4 is 5.32 Å². The number of aryl methyl sites for hydroxylation is 3. The summed E-state index contributed by atoms with van der Waals surface area (Å²) in [4.78, 5) is 28.5. The average molecular weight is 405 g/mol. The molecule has 1 aliphatic rings. The van der Waals surface area contributed by atoms with E-state index in [4.69, 9.17) is 16.1 Å². The number of halogens is 1. The van der Waals surface area contributed by atoms with Crippen LogP contribution in [0, 0.1) is 13.8 Å². The van der Waals surface area contributed by atoms with Crippen LogP contribution >= 0.6 is 11.6 Å². The Morgan fingerprint density at radius 2 is 1.93 bits per heavy atom. The van der Waals surface area contributed by atoms with E-state index in [1.54, 1.807) is 13.0 Å². The third-order valence-electron chi connectivity index (χ3n) is 4.85. The van der Waals surface area contributed by atoms with Gasteiger partial charge in [-0.25, -0.2) is 0 Å². The van der Waals surface area contributed by atoms with Gasteiger partial charge in [0.1, 0.15) is 5.76 Å². The van der Waals surface area contributed by atoms with Crippen LogP contribution in [0.15, 0.2) is 28.8 Å². The third kappa shape index (κ3) is 5.56. The topological polar surface area (TPSA) is 78.7 Å². The fourth-order valence-electron chi connectivity index (χ4n) is 3.17. The Morgan fingerprint density at radius 3 is 2.57 bits per heavy atom. The number of piperazine rings is 1. The number of nitrogens with one attached hydrogen (secondary N) is 1. The summed E-state index contributed by atoms with van der Waals surface area (Å²) in [5.74, 6) is 1.08. The molecular weight excluding hydrogens is 380 g/mol. The number of aromatic nitrogens is 1. The number of carbonyl (C=O) groups excluding carboxylic acids is 2. The highest BCUT2D eigenvalue weighted by atomic mass is 35.5. The quantitative estimate of drug-likeness (QED) is 0.800. The van der Waals surface area contributed by atoms with Crippen LogP contribution in [0.4, 0.5) is 5.82 Å². The number of amides is 2. The second-order valence-electron chi connectivity index (χ2n) is 7.11. The van der Waals surface area contributed by atoms with Crippen molar-refractivity contribution in [3.63, 3.8) is 0 Å². The molecule has 1 aromatic heterocycles. The minimum atomic E-state index is -0.135. The lowest BCUT2D eigenvalue weighted by molar-refractivity contribution is -0.133. The Bertz CT molecular complexity index is 844. The van der Waals surface area contributed by atoms with Crippen LogP contribution in [0.25, 0.3) is 0 Å². The summed E-state index contributed by atoms with van der Waals surface area (Å²) in [7, 11) is 0. The SMILES string of the molecule is Cc1cc(NC(=O)CN2CCN(C(=O)CCc3ccc(C)c(Cl)c3)CC2)no1. The summed E-state index contributed by atoms with van der Waals surface area (Å²) in [6.07, 6.45) is 1.14. The monoisotopic (exact) mass is 404 g/mol. The Labute approximate surface area is 169 Å². The molecule has 0 bridgehead atoms. The molecule has 0 aliphatic carbocycles. The Kier molecular flexibility index (Phi) is 6.70. The van der Waals surface area contributed by atoms with E-state index in [0.29, 0.717) is 50.6 Å². The maximum atomic E-state index is 12.5. The molecule has 2 heterocycles. The fraction of sp³-hybridized carbons (Fsp3) is 0.450. The van der Waals surface area contributed by atoms with E-state index in [1.807, 2.05) is 34.9 Å². The van der Waals surface area contributed by atoms with Crippen molar-refractivity contribution in [3.05, 3.63) is 46.2 Å². The first kappa shape index (κ1) is 20.4. The van der Waals surface area contributed by atoms with Gasteiger partial charge in [-0.15, -0.1) is 0 Å². The van der Waals surface area contributed by atoms with Crippen LogP contribution in [-0.4, -0.2) is 59.5 Å². The van der Waals surface area contributed by atoms with Gasteiger partial charge in [0, 0.05) is 43.7 Å². The first-order chi connectivity index (χ1) is 13.4. The van der Waals surface area contributed by atoms with Gasteiger partial charge in [-0.05, 0) is 37.5 Å². The first-order valence-electron chi connectivity index (χ1n) is 9.39. The molecule has 1 N–H and O–H groups in total. The maximum Gasteiger partial charge on any atom is 0.239 e. The molecule has 8 heteroatoms. The van der Waals surface area contributed by atoms with Crippen LogP contribution in [-0.2, 0) is 16.0 Å². The molecule has 7 nitrogen and oxygen atoms in total. The normalized spacial score (nSPS) is 14.9. The lowest BCUT2D eigenvalue weighted by Crippen LogP contribution is -2.50. The van der Waals surface area contributed by atoms with Crippen molar-refractivity contribution in [1.82, 2.24) is 15.0 Å². The fourth-order valence-corrected chi connectivity index (χ4v) is 3.37. The van der Waals surface area contributed by atoms with Crippen molar-refractivity contribution in [2.75, 3.05) is 38.0 Å². The largest absolute Gasteiger partial charge is 0.360 e. The van der Waals surface area contributed by atoms with E-state index in [1.165, 1.54) is 0 Å². The number of nitrogens with zero attached hydrogens (tertiary/aromatic N) is 3. The molecule has 150 valence electrons. The molecule has 0 spiro atoms. The molecule has 1 fully saturated rings. The lowest BCUT2D eigenvalue weighted by atomic mass is 10.1. The van der Waals surface area contributed by atoms with Gasteiger partial charge in [0.05, 0.1) is 6.54 Å². The van der Waals surface area contributed by atoms with Gasteiger partial charge in [0.25, 0.3) is 0 Å². The molecule has 28 heavy (non-hydrogen) atoms. The highest BCUT2D eigenvalue weighted by molar-refractivity contribution is 6.31. The van der Waals surface area contributed by atoms with Gasteiger partial charge < -0.3 is 14.7 Å². The predicted molar refractivity (Wildman–Crippen MR) is 107 cm³/mol. The molecule has 1 saturated heterocycles. The Hall–Kier alpha value is -2.38. The Morgan fingerprint density at radius 1 is 1.18 bits per heavy atom. The van der Waals surface area contributed by atoms with E-state index in [2.05, 4.69) is 10.5 Å². The summed E-state index contributed by atoms with van der Waals surface area (Å²) >= 11 is 6.14. The molecule has 0 atom stereocenters. The zero-order valence-electron chi connectivity index (χ0n) is 16.2. The summed E-state index contributed by atoms with van der Waals surface area (Å²) in [6.45, 7) is 6.61. The molecule has 1 aliphatic heterocycles. The maximum absolute atomic E-state index is 12.5. The van der Waals surface area contributed by atoms with Crippen molar-refractivity contribution in [2.24, 2.45) is 0 Å². The van der Waals surface area contributed by atoms with E-state index in [-0.39, 0.29) is 18.4 Å². The molecule has 0 unspecified atom stereocenters. The van der Waals surface area contributed by atoms with Gasteiger partial charge in [-0.3, -0.25) is 14.5 Å². The van der Waals surface area contributed by atoms with Gasteiger partial charge >= 0.3 is 0 Å². The summed E-state index contributed by atoms with van der Waals surface area (Å²) in [5.41, 5.74) is 2.11. The summed E-state index contributed by atoms with van der Waals surface area (Å²) < 4.78 is 4.93. The molecule has 0 radical (unpaired) electrons. The lowest BCUT2D eigenvalue weighted by Gasteiger charge is -2.34. The van der Waals surface area contributed by atoms with Crippen molar-refractivity contribution in [3.8, 4) is 0 Å². The van der Waals surface area contributed by atoms with E-state index < -0.39 is 0 Å². The highest BCUT2D eigenvalue weighted by Crippen LogP contribution is 2.18. The summed E-state index contributed by atoms with van der Waals surface area (Å²) in [6, 6.07) is 7.60. The highest BCUT2D eigenvalue weighted by Gasteiger charge is 2.22. The van der Waals surface area contributed by atoms with Crippen LogP contribution in [0.2, 0.25) is 5.02 Å². The average Bonchev–Trinajstić information content (AvgIpc) is 3.07. The third-order valence-corrected chi connectivity index (χ3v) is 5.26. The molecular formula is C20H25ClN4O3. The van der Waals surface area contributed by atoms with Crippen LogP contribution in [0.3, 0.4) is 0 Å². The smallest absolute Gasteiger partial charge is 0.239 e. The number of rotatable bonds is 6. The predicted octanol–water partition coefficient (Wildman–Crippen LogP) is 2.66.